The number of aliphatic carboxylic acids is 1. The molecule has 5 nitrogen and oxygen atoms in total. The molecular formula is C10H19NO4. The van der Waals surface area contributed by atoms with Gasteiger partial charge in [-0.3, -0.25) is 4.79 Å². The highest BCUT2D eigenvalue weighted by Crippen LogP contribution is 2.13. The summed E-state index contributed by atoms with van der Waals surface area (Å²) < 4.78 is 5.10. The lowest BCUT2D eigenvalue weighted by molar-refractivity contribution is -0.137. The minimum Gasteiger partial charge on any atom is -0.481 e. The largest absolute Gasteiger partial charge is 0.481 e. The van der Waals surface area contributed by atoms with E-state index in [0.29, 0.717) is 13.0 Å². The van der Waals surface area contributed by atoms with Crippen LogP contribution < -0.4 is 5.32 Å². The van der Waals surface area contributed by atoms with Gasteiger partial charge in [-0.15, -0.1) is 0 Å². The van der Waals surface area contributed by atoms with Crippen LogP contribution in [0, 0.1) is 0 Å². The average molecular weight is 217 g/mol. The Morgan fingerprint density at radius 3 is 2.47 bits per heavy atom. The van der Waals surface area contributed by atoms with Crippen molar-refractivity contribution >= 4 is 12.1 Å². The summed E-state index contributed by atoms with van der Waals surface area (Å²) in [6.07, 6.45) is 0.705. The van der Waals surface area contributed by atoms with Crippen molar-refractivity contribution < 1.29 is 19.4 Å². The maximum atomic E-state index is 11.2. The van der Waals surface area contributed by atoms with Crippen LogP contribution in [0.15, 0.2) is 0 Å². The minimum absolute atomic E-state index is 0.0530. The number of carbonyl (C=O) groups excluding carboxylic acids is 1. The first kappa shape index (κ1) is 13.7. The van der Waals surface area contributed by atoms with Crippen LogP contribution >= 0.6 is 0 Å². The zero-order chi connectivity index (χ0) is 11.9. The van der Waals surface area contributed by atoms with Gasteiger partial charge in [-0.05, 0) is 26.7 Å². The first-order chi connectivity index (χ1) is 6.87. The van der Waals surface area contributed by atoms with Gasteiger partial charge < -0.3 is 15.2 Å². The Morgan fingerprint density at radius 1 is 1.40 bits per heavy atom. The molecule has 15 heavy (non-hydrogen) atoms. The van der Waals surface area contributed by atoms with Crippen LogP contribution in [-0.4, -0.2) is 29.3 Å². The summed E-state index contributed by atoms with van der Waals surface area (Å²) in [4.78, 5) is 21.4. The summed E-state index contributed by atoms with van der Waals surface area (Å²) in [5.74, 6) is -0.862. The highest BCUT2D eigenvalue weighted by molar-refractivity contribution is 5.68. The van der Waals surface area contributed by atoms with Crippen molar-refractivity contribution in [1.29, 1.82) is 0 Å². The van der Waals surface area contributed by atoms with Gasteiger partial charge in [-0.2, -0.15) is 0 Å². The summed E-state index contributed by atoms with van der Waals surface area (Å²) in [6, 6.07) is 0. The van der Waals surface area contributed by atoms with Crippen LogP contribution in [0.2, 0.25) is 0 Å². The van der Waals surface area contributed by atoms with Crippen LogP contribution in [0.3, 0.4) is 0 Å². The SMILES string of the molecule is CCC(C)(C)OC(=O)NCCCC(=O)O. The Bertz CT molecular complexity index is 225. The van der Waals surface area contributed by atoms with E-state index in [9.17, 15) is 9.59 Å². The molecule has 0 fully saturated rings. The van der Waals surface area contributed by atoms with Gasteiger partial charge in [-0.1, -0.05) is 6.92 Å². The third kappa shape index (κ3) is 7.78. The smallest absolute Gasteiger partial charge is 0.407 e. The molecule has 0 unspecified atom stereocenters. The third-order valence-electron chi connectivity index (χ3n) is 2.06. The van der Waals surface area contributed by atoms with Gasteiger partial charge in [0.15, 0.2) is 0 Å². The summed E-state index contributed by atoms with van der Waals surface area (Å²) in [6.45, 7) is 5.90. The predicted octanol–water partition coefficient (Wildman–Crippen LogP) is 1.77. The number of amides is 1. The maximum absolute atomic E-state index is 11.2. The van der Waals surface area contributed by atoms with E-state index in [0.717, 1.165) is 6.42 Å². The number of carboxylic acid groups (broad SMARTS) is 1. The molecule has 0 aromatic carbocycles. The van der Waals surface area contributed by atoms with E-state index in [1.807, 2.05) is 20.8 Å². The average Bonchev–Trinajstić information content (AvgIpc) is 2.11. The topological polar surface area (TPSA) is 75.6 Å². The fraction of sp³-hybridized carbons (Fsp3) is 0.800. The van der Waals surface area contributed by atoms with Gasteiger partial charge in [0.1, 0.15) is 5.60 Å². The zero-order valence-corrected chi connectivity index (χ0v) is 9.50. The highest BCUT2D eigenvalue weighted by atomic mass is 16.6. The Hall–Kier alpha value is -1.26. The van der Waals surface area contributed by atoms with Crippen molar-refractivity contribution in [3.63, 3.8) is 0 Å². The molecule has 0 atom stereocenters. The number of carbonyl (C=O) groups is 2. The van der Waals surface area contributed by atoms with Crippen LogP contribution in [0.25, 0.3) is 0 Å². The molecule has 0 radical (unpaired) electrons. The molecule has 88 valence electrons. The minimum atomic E-state index is -0.862. The highest BCUT2D eigenvalue weighted by Gasteiger charge is 2.19. The Kier molecular flexibility index (Phi) is 5.74. The molecule has 0 aliphatic carbocycles. The molecule has 0 aromatic heterocycles. The Balaban J connectivity index is 3.62. The van der Waals surface area contributed by atoms with Crippen molar-refractivity contribution in [3.05, 3.63) is 0 Å². The second-order valence-electron chi connectivity index (χ2n) is 3.93. The number of ether oxygens (including phenoxy) is 1. The van der Waals surface area contributed by atoms with Crippen molar-refractivity contribution in [2.45, 2.75) is 45.6 Å². The lowest BCUT2D eigenvalue weighted by Crippen LogP contribution is -2.34. The van der Waals surface area contributed by atoms with Gasteiger partial charge in [0.2, 0.25) is 0 Å². The second kappa shape index (κ2) is 6.27. The number of hydrogen-bond donors (Lipinski definition) is 2. The quantitative estimate of drug-likeness (QED) is 0.665. The van der Waals surface area contributed by atoms with Gasteiger partial charge >= 0.3 is 12.1 Å². The normalized spacial score (nSPS) is 10.9. The summed E-state index contributed by atoms with van der Waals surface area (Å²) in [5, 5.41) is 10.9. The molecule has 0 saturated heterocycles. The summed E-state index contributed by atoms with van der Waals surface area (Å²) in [5.41, 5.74) is -0.475. The maximum Gasteiger partial charge on any atom is 0.407 e. The van der Waals surface area contributed by atoms with E-state index in [4.69, 9.17) is 9.84 Å². The third-order valence-corrected chi connectivity index (χ3v) is 2.06. The fourth-order valence-electron chi connectivity index (χ4n) is 0.789. The number of hydrogen-bond acceptors (Lipinski definition) is 3. The summed E-state index contributed by atoms with van der Waals surface area (Å²) >= 11 is 0. The zero-order valence-electron chi connectivity index (χ0n) is 9.50. The molecule has 0 heterocycles. The molecule has 0 rings (SSSR count). The fourth-order valence-corrected chi connectivity index (χ4v) is 0.789. The van der Waals surface area contributed by atoms with E-state index in [2.05, 4.69) is 5.32 Å². The van der Waals surface area contributed by atoms with Crippen molar-refractivity contribution in [1.82, 2.24) is 5.32 Å². The van der Waals surface area contributed by atoms with Gasteiger partial charge in [0.25, 0.3) is 0 Å². The van der Waals surface area contributed by atoms with E-state index in [-0.39, 0.29) is 6.42 Å². The number of rotatable bonds is 6. The monoisotopic (exact) mass is 217 g/mol. The summed E-state index contributed by atoms with van der Waals surface area (Å²) in [7, 11) is 0. The number of carboxylic acids is 1. The van der Waals surface area contributed by atoms with Crippen LogP contribution in [-0.2, 0) is 9.53 Å². The molecule has 0 spiro atoms. The van der Waals surface area contributed by atoms with Crippen LogP contribution in [0.1, 0.15) is 40.0 Å². The number of alkyl carbamates (subject to hydrolysis) is 1. The van der Waals surface area contributed by atoms with E-state index >= 15 is 0 Å². The van der Waals surface area contributed by atoms with Gasteiger partial charge in [0.05, 0.1) is 0 Å². The molecule has 0 bridgehead atoms. The molecule has 0 aliphatic rings. The lowest BCUT2D eigenvalue weighted by atomic mass is 10.1. The second-order valence-corrected chi connectivity index (χ2v) is 3.93. The van der Waals surface area contributed by atoms with E-state index in [1.54, 1.807) is 0 Å². The molecule has 2 N–H and O–H groups in total. The van der Waals surface area contributed by atoms with Crippen molar-refractivity contribution in [3.8, 4) is 0 Å². The van der Waals surface area contributed by atoms with Gasteiger partial charge in [0, 0.05) is 13.0 Å². The Labute approximate surface area is 89.8 Å². The van der Waals surface area contributed by atoms with Crippen molar-refractivity contribution in [2.75, 3.05) is 6.54 Å². The molecule has 0 aliphatic heterocycles. The first-order valence-electron chi connectivity index (χ1n) is 5.06. The standard InChI is InChI=1S/C10H19NO4/c1-4-10(2,3)15-9(14)11-7-5-6-8(12)13/h4-7H2,1-3H3,(H,11,14)(H,12,13). The molecule has 0 aromatic rings. The lowest BCUT2D eigenvalue weighted by Gasteiger charge is -2.23. The number of nitrogens with one attached hydrogen (secondary N) is 1. The van der Waals surface area contributed by atoms with E-state index < -0.39 is 17.7 Å². The van der Waals surface area contributed by atoms with Crippen LogP contribution in [0.4, 0.5) is 4.79 Å². The van der Waals surface area contributed by atoms with Crippen LogP contribution in [0.5, 0.6) is 0 Å². The first-order valence-corrected chi connectivity index (χ1v) is 5.06. The Morgan fingerprint density at radius 2 is 2.00 bits per heavy atom. The van der Waals surface area contributed by atoms with Gasteiger partial charge in [-0.25, -0.2) is 4.79 Å². The molecular weight excluding hydrogens is 198 g/mol. The molecule has 0 saturated carbocycles. The van der Waals surface area contributed by atoms with Crippen molar-refractivity contribution in [2.24, 2.45) is 0 Å². The van der Waals surface area contributed by atoms with E-state index in [1.165, 1.54) is 0 Å². The molecule has 1 amide bonds. The molecule has 5 heteroatoms. The predicted molar refractivity (Wildman–Crippen MR) is 55.7 cm³/mol.